The molecule has 6 heteroatoms. The number of para-hydroxylation sites is 1. The molecule has 1 N–H and O–H groups in total. The molecule has 168 valence electrons. The number of nitrogens with zero attached hydrogens (tertiary/aromatic N) is 2. The quantitative estimate of drug-likeness (QED) is 0.532. The second-order valence-corrected chi connectivity index (χ2v) is 9.26. The zero-order valence-electron chi connectivity index (χ0n) is 18.6. The van der Waals surface area contributed by atoms with Crippen LogP contribution in [0.3, 0.4) is 0 Å². The molecule has 5 nitrogen and oxygen atoms in total. The Balaban J connectivity index is 1.17. The lowest BCUT2D eigenvalue weighted by Gasteiger charge is -2.36. The van der Waals surface area contributed by atoms with Crippen molar-refractivity contribution in [1.29, 1.82) is 0 Å². The summed E-state index contributed by atoms with van der Waals surface area (Å²) in [7, 11) is 0. The Bertz CT molecular complexity index is 953. The molecule has 4 rings (SSSR count). The highest BCUT2D eigenvalue weighted by Crippen LogP contribution is 2.19. The SMILES string of the molecule is CC(CNC(=O)Cc1cccs1)Oc1ccc(CN2CCN(c3ccccc3)CC2)cc1. The fourth-order valence-electron chi connectivity index (χ4n) is 3.90. The van der Waals surface area contributed by atoms with Crippen molar-refractivity contribution in [3.63, 3.8) is 0 Å². The monoisotopic (exact) mass is 449 g/mol. The largest absolute Gasteiger partial charge is 0.489 e. The van der Waals surface area contributed by atoms with Gasteiger partial charge < -0.3 is 15.0 Å². The Morgan fingerprint density at radius 1 is 1.00 bits per heavy atom. The molecule has 3 aromatic rings. The van der Waals surface area contributed by atoms with Crippen LogP contribution in [0.5, 0.6) is 5.75 Å². The number of carbonyl (C=O) groups is 1. The van der Waals surface area contributed by atoms with E-state index in [4.69, 9.17) is 4.74 Å². The third-order valence-corrected chi connectivity index (χ3v) is 6.54. The number of amides is 1. The number of benzene rings is 2. The van der Waals surface area contributed by atoms with Crippen LogP contribution in [0.4, 0.5) is 5.69 Å². The molecule has 0 spiro atoms. The molecule has 0 radical (unpaired) electrons. The number of hydrogen-bond acceptors (Lipinski definition) is 5. The van der Waals surface area contributed by atoms with Crippen LogP contribution in [0.2, 0.25) is 0 Å². The van der Waals surface area contributed by atoms with Crippen LogP contribution in [0, 0.1) is 0 Å². The topological polar surface area (TPSA) is 44.8 Å². The van der Waals surface area contributed by atoms with Gasteiger partial charge in [-0.3, -0.25) is 9.69 Å². The van der Waals surface area contributed by atoms with Crippen molar-refractivity contribution in [2.24, 2.45) is 0 Å². The van der Waals surface area contributed by atoms with E-state index in [1.165, 1.54) is 11.3 Å². The van der Waals surface area contributed by atoms with E-state index in [1.54, 1.807) is 11.3 Å². The maximum atomic E-state index is 12.0. The van der Waals surface area contributed by atoms with Crippen molar-refractivity contribution in [3.8, 4) is 5.75 Å². The Kier molecular flexibility index (Phi) is 7.80. The molecule has 1 aliphatic heterocycles. The summed E-state index contributed by atoms with van der Waals surface area (Å²) < 4.78 is 5.98. The summed E-state index contributed by atoms with van der Waals surface area (Å²) in [6, 6.07) is 22.9. The third kappa shape index (κ3) is 6.58. The van der Waals surface area contributed by atoms with E-state index >= 15 is 0 Å². The van der Waals surface area contributed by atoms with Gasteiger partial charge in [0.25, 0.3) is 0 Å². The fourth-order valence-corrected chi connectivity index (χ4v) is 4.60. The number of hydrogen-bond donors (Lipinski definition) is 1. The molecule has 2 aromatic carbocycles. The standard InChI is InChI=1S/C26H31N3O2S/c1-21(19-27-26(30)18-25-8-5-17-32-25)31-24-11-9-22(10-12-24)20-28-13-15-29(16-14-28)23-6-3-2-4-7-23/h2-12,17,21H,13-16,18-20H2,1H3,(H,27,30). The van der Waals surface area contributed by atoms with Gasteiger partial charge in [0.2, 0.25) is 5.91 Å². The molecule has 32 heavy (non-hydrogen) atoms. The minimum absolute atomic E-state index is 0.0330. The van der Waals surface area contributed by atoms with E-state index in [2.05, 4.69) is 57.6 Å². The van der Waals surface area contributed by atoms with Gasteiger partial charge in [-0.2, -0.15) is 0 Å². The Hall–Kier alpha value is -2.83. The molecule has 0 saturated carbocycles. The molecule has 1 aromatic heterocycles. The van der Waals surface area contributed by atoms with Crippen molar-refractivity contribution in [2.75, 3.05) is 37.6 Å². The molecule has 0 bridgehead atoms. The van der Waals surface area contributed by atoms with Gasteiger partial charge in [0.15, 0.2) is 0 Å². The second-order valence-electron chi connectivity index (χ2n) is 8.23. The van der Waals surface area contributed by atoms with Gasteiger partial charge in [-0.25, -0.2) is 0 Å². The van der Waals surface area contributed by atoms with E-state index in [0.29, 0.717) is 13.0 Å². The molecule has 2 heterocycles. The van der Waals surface area contributed by atoms with E-state index in [0.717, 1.165) is 43.4 Å². The van der Waals surface area contributed by atoms with E-state index < -0.39 is 0 Å². The van der Waals surface area contributed by atoms with Crippen molar-refractivity contribution in [1.82, 2.24) is 10.2 Å². The zero-order chi connectivity index (χ0) is 22.2. The van der Waals surface area contributed by atoms with Gasteiger partial charge in [0.1, 0.15) is 11.9 Å². The molecule has 1 atom stereocenters. The minimum Gasteiger partial charge on any atom is -0.489 e. The first kappa shape index (κ1) is 22.4. The number of anilines is 1. The molecule has 1 aliphatic rings. The molecule has 1 amide bonds. The zero-order valence-corrected chi connectivity index (χ0v) is 19.4. The van der Waals surface area contributed by atoms with Crippen LogP contribution < -0.4 is 15.0 Å². The lowest BCUT2D eigenvalue weighted by Crippen LogP contribution is -2.45. The predicted molar refractivity (Wildman–Crippen MR) is 131 cm³/mol. The first-order chi connectivity index (χ1) is 15.7. The van der Waals surface area contributed by atoms with Crippen LogP contribution in [0.25, 0.3) is 0 Å². The van der Waals surface area contributed by atoms with Crippen molar-refractivity contribution < 1.29 is 9.53 Å². The predicted octanol–water partition coefficient (Wildman–Crippen LogP) is 4.20. The summed E-state index contributed by atoms with van der Waals surface area (Å²) >= 11 is 1.60. The highest BCUT2D eigenvalue weighted by molar-refractivity contribution is 7.10. The number of ether oxygens (including phenoxy) is 1. The molecule has 1 unspecified atom stereocenters. The number of carbonyl (C=O) groups excluding carboxylic acids is 1. The van der Waals surface area contributed by atoms with Gasteiger partial charge >= 0.3 is 0 Å². The second kappa shape index (κ2) is 11.2. The van der Waals surface area contributed by atoms with Gasteiger partial charge in [0.05, 0.1) is 13.0 Å². The summed E-state index contributed by atoms with van der Waals surface area (Å²) in [6.45, 7) is 7.67. The number of thiophene rings is 1. The average Bonchev–Trinajstić information content (AvgIpc) is 3.33. The lowest BCUT2D eigenvalue weighted by molar-refractivity contribution is -0.120. The maximum Gasteiger partial charge on any atom is 0.225 e. The minimum atomic E-state index is -0.0841. The number of piperazine rings is 1. The molecular formula is C26H31N3O2S. The summed E-state index contributed by atoms with van der Waals surface area (Å²) in [5.74, 6) is 0.869. The normalized spacial score (nSPS) is 15.3. The lowest BCUT2D eigenvalue weighted by atomic mass is 10.2. The first-order valence-electron chi connectivity index (χ1n) is 11.2. The molecule has 1 saturated heterocycles. The summed E-state index contributed by atoms with van der Waals surface area (Å²) in [5.41, 5.74) is 2.60. The van der Waals surface area contributed by atoms with Crippen molar-refractivity contribution in [2.45, 2.75) is 26.0 Å². The molecule has 0 aliphatic carbocycles. The van der Waals surface area contributed by atoms with E-state index in [1.807, 2.05) is 36.6 Å². The Morgan fingerprint density at radius 2 is 1.75 bits per heavy atom. The van der Waals surface area contributed by atoms with Crippen LogP contribution in [0.15, 0.2) is 72.1 Å². The fraction of sp³-hybridized carbons (Fsp3) is 0.346. The van der Waals surface area contributed by atoms with Gasteiger partial charge in [-0.1, -0.05) is 36.4 Å². The molecule has 1 fully saturated rings. The van der Waals surface area contributed by atoms with Gasteiger partial charge in [-0.15, -0.1) is 11.3 Å². The Morgan fingerprint density at radius 3 is 2.44 bits per heavy atom. The van der Waals surface area contributed by atoms with Crippen LogP contribution in [-0.4, -0.2) is 49.6 Å². The van der Waals surface area contributed by atoms with Crippen LogP contribution >= 0.6 is 11.3 Å². The highest BCUT2D eigenvalue weighted by atomic mass is 32.1. The summed E-state index contributed by atoms with van der Waals surface area (Å²) in [6.07, 6.45) is 0.345. The van der Waals surface area contributed by atoms with E-state index in [9.17, 15) is 4.79 Å². The van der Waals surface area contributed by atoms with Crippen LogP contribution in [-0.2, 0) is 17.8 Å². The van der Waals surface area contributed by atoms with Crippen molar-refractivity contribution >= 4 is 22.9 Å². The van der Waals surface area contributed by atoms with Crippen LogP contribution in [0.1, 0.15) is 17.4 Å². The third-order valence-electron chi connectivity index (χ3n) is 5.66. The van der Waals surface area contributed by atoms with Gasteiger partial charge in [0, 0.05) is 43.3 Å². The Labute approximate surface area is 194 Å². The van der Waals surface area contributed by atoms with Gasteiger partial charge in [-0.05, 0) is 48.2 Å². The summed E-state index contributed by atoms with van der Waals surface area (Å²) in [4.78, 5) is 18.1. The number of rotatable bonds is 9. The first-order valence-corrected chi connectivity index (χ1v) is 12.1. The average molecular weight is 450 g/mol. The van der Waals surface area contributed by atoms with Crippen molar-refractivity contribution in [3.05, 3.63) is 82.6 Å². The highest BCUT2D eigenvalue weighted by Gasteiger charge is 2.17. The molecular weight excluding hydrogens is 418 g/mol. The smallest absolute Gasteiger partial charge is 0.225 e. The number of nitrogens with one attached hydrogen (secondary N) is 1. The maximum absolute atomic E-state index is 12.0. The van der Waals surface area contributed by atoms with E-state index in [-0.39, 0.29) is 12.0 Å². The summed E-state index contributed by atoms with van der Waals surface area (Å²) in [5, 5.41) is 4.94.